The van der Waals surface area contributed by atoms with Crippen LogP contribution in [0.1, 0.15) is 12.6 Å². The van der Waals surface area contributed by atoms with Crippen molar-refractivity contribution in [2.45, 2.75) is 20.4 Å². The Morgan fingerprint density at radius 2 is 1.90 bits per heavy atom. The molecule has 1 aromatic carbocycles. The molecule has 2 aromatic rings. The topological polar surface area (TPSA) is 41.9 Å². The van der Waals surface area contributed by atoms with Crippen LogP contribution in [0.15, 0.2) is 24.4 Å². The molecule has 0 spiro atoms. The van der Waals surface area contributed by atoms with Crippen molar-refractivity contribution in [2.75, 3.05) is 10.6 Å². The van der Waals surface area contributed by atoms with Gasteiger partial charge in [0, 0.05) is 22.3 Å². The summed E-state index contributed by atoms with van der Waals surface area (Å²) in [4.78, 5) is 0. The van der Waals surface area contributed by atoms with E-state index >= 15 is 0 Å². The maximum Gasteiger partial charge on any atom is 0.175 e. The summed E-state index contributed by atoms with van der Waals surface area (Å²) in [6.45, 7) is 4.84. The average molecular weight is 329 g/mol. The summed E-state index contributed by atoms with van der Waals surface area (Å²) in [5.74, 6) is 0. The number of thiocarbonyl (C=S) groups is 1. The SMILES string of the molecule is CCn1ncc(NC(=S)Nc2cc(Cl)cc(Cl)c2)c1C. The van der Waals surface area contributed by atoms with Crippen LogP contribution < -0.4 is 10.6 Å². The van der Waals surface area contributed by atoms with E-state index in [2.05, 4.69) is 15.7 Å². The van der Waals surface area contributed by atoms with E-state index in [9.17, 15) is 0 Å². The Hall–Kier alpha value is -1.30. The molecular formula is C13H14Cl2N4S. The van der Waals surface area contributed by atoms with Gasteiger partial charge in [0.25, 0.3) is 0 Å². The zero-order valence-electron chi connectivity index (χ0n) is 11.1. The first-order chi connectivity index (χ1) is 9.49. The molecule has 0 aliphatic carbocycles. The van der Waals surface area contributed by atoms with Crippen molar-refractivity contribution in [3.63, 3.8) is 0 Å². The fourth-order valence-electron chi connectivity index (χ4n) is 1.80. The summed E-state index contributed by atoms with van der Waals surface area (Å²) in [5.41, 5.74) is 2.64. The molecule has 0 saturated carbocycles. The number of benzene rings is 1. The quantitative estimate of drug-likeness (QED) is 0.823. The van der Waals surface area contributed by atoms with Crippen LogP contribution in [0.3, 0.4) is 0 Å². The normalized spacial score (nSPS) is 10.4. The molecule has 4 nitrogen and oxygen atoms in total. The molecule has 0 amide bonds. The number of hydrogen-bond donors (Lipinski definition) is 2. The van der Waals surface area contributed by atoms with Crippen molar-refractivity contribution in [3.05, 3.63) is 40.1 Å². The van der Waals surface area contributed by atoms with Crippen LogP contribution >= 0.6 is 35.4 Å². The third-order valence-corrected chi connectivity index (χ3v) is 3.41. The van der Waals surface area contributed by atoms with Crippen LogP contribution in [0.2, 0.25) is 10.0 Å². The smallest absolute Gasteiger partial charge is 0.175 e. The second kappa shape index (κ2) is 6.43. The van der Waals surface area contributed by atoms with Gasteiger partial charge in [-0.1, -0.05) is 23.2 Å². The summed E-state index contributed by atoms with van der Waals surface area (Å²) in [6, 6.07) is 5.17. The summed E-state index contributed by atoms with van der Waals surface area (Å²) in [5, 5.41) is 12.0. The van der Waals surface area contributed by atoms with Crippen LogP contribution in [-0.4, -0.2) is 14.9 Å². The van der Waals surface area contributed by atoms with Crippen LogP contribution in [0.4, 0.5) is 11.4 Å². The first-order valence-corrected chi connectivity index (χ1v) is 7.22. The Labute approximate surface area is 133 Å². The van der Waals surface area contributed by atoms with Crippen molar-refractivity contribution in [2.24, 2.45) is 0 Å². The third kappa shape index (κ3) is 3.62. The van der Waals surface area contributed by atoms with Crippen LogP contribution in [-0.2, 0) is 6.54 Å². The predicted molar refractivity (Wildman–Crippen MR) is 88.9 cm³/mol. The highest BCUT2D eigenvalue weighted by molar-refractivity contribution is 7.80. The molecule has 1 heterocycles. The Morgan fingerprint density at radius 1 is 1.25 bits per heavy atom. The van der Waals surface area contributed by atoms with Gasteiger partial charge in [0.05, 0.1) is 17.6 Å². The lowest BCUT2D eigenvalue weighted by Gasteiger charge is -2.11. The molecule has 0 aliphatic heterocycles. The summed E-state index contributed by atoms with van der Waals surface area (Å²) in [6.07, 6.45) is 1.75. The fraction of sp³-hybridized carbons (Fsp3) is 0.231. The van der Waals surface area contributed by atoms with Gasteiger partial charge in [-0.05, 0) is 44.3 Å². The maximum absolute atomic E-state index is 5.94. The molecule has 0 bridgehead atoms. The number of anilines is 2. The van der Waals surface area contributed by atoms with Gasteiger partial charge >= 0.3 is 0 Å². The van der Waals surface area contributed by atoms with E-state index in [0.717, 1.165) is 23.6 Å². The monoisotopic (exact) mass is 328 g/mol. The van der Waals surface area contributed by atoms with E-state index in [0.29, 0.717) is 15.2 Å². The second-order valence-corrected chi connectivity index (χ2v) is 5.48. The molecule has 0 unspecified atom stereocenters. The highest BCUT2D eigenvalue weighted by atomic mass is 35.5. The predicted octanol–water partition coefficient (Wildman–Crippen LogP) is 4.33. The molecule has 1 aromatic heterocycles. The lowest BCUT2D eigenvalue weighted by molar-refractivity contribution is 0.640. The third-order valence-electron chi connectivity index (χ3n) is 2.77. The second-order valence-electron chi connectivity index (χ2n) is 4.20. The molecule has 106 valence electrons. The number of aryl methyl sites for hydroxylation is 1. The maximum atomic E-state index is 5.94. The van der Waals surface area contributed by atoms with E-state index in [1.807, 2.05) is 18.5 Å². The fourth-order valence-corrected chi connectivity index (χ4v) is 2.55. The molecule has 0 radical (unpaired) electrons. The van der Waals surface area contributed by atoms with Gasteiger partial charge in [0.1, 0.15) is 0 Å². The van der Waals surface area contributed by atoms with Crippen molar-refractivity contribution >= 4 is 51.9 Å². The molecule has 20 heavy (non-hydrogen) atoms. The van der Waals surface area contributed by atoms with Crippen LogP contribution in [0, 0.1) is 6.92 Å². The van der Waals surface area contributed by atoms with Gasteiger partial charge in [0.2, 0.25) is 0 Å². The molecule has 7 heteroatoms. The van der Waals surface area contributed by atoms with Gasteiger partial charge < -0.3 is 10.6 Å². The Balaban J connectivity index is 2.07. The Morgan fingerprint density at radius 3 is 2.45 bits per heavy atom. The number of hydrogen-bond acceptors (Lipinski definition) is 2. The van der Waals surface area contributed by atoms with Crippen molar-refractivity contribution in [1.29, 1.82) is 0 Å². The Kier molecular flexibility index (Phi) is 4.86. The number of halogens is 2. The van der Waals surface area contributed by atoms with E-state index < -0.39 is 0 Å². The lowest BCUT2D eigenvalue weighted by atomic mass is 10.3. The first-order valence-electron chi connectivity index (χ1n) is 6.06. The number of rotatable bonds is 3. The number of nitrogens with one attached hydrogen (secondary N) is 2. The van der Waals surface area contributed by atoms with E-state index in [1.165, 1.54) is 0 Å². The molecule has 0 fully saturated rings. The largest absolute Gasteiger partial charge is 0.332 e. The van der Waals surface area contributed by atoms with E-state index in [4.69, 9.17) is 35.4 Å². The number of aromatic nitrogens is 2. The molecule has 0 atom stereocenters. The van der Waals surface area contributed by atoms with Crippen LogP contribution in [0.5, 0.6) is 0 Å². The molecule has 2 N–H and O–H groups in total. The summed E-state index contributed by atoms with van der Waals surface area (Å²) < 4.78 is 1.89. The zero-order valence-corrected chi connectivity index (χ0v) is 13.4. The van der Waals surface area contributed by atoms with Gasteiger partial charge in [-0.15, -0.1) is 0 Å². The summed E-state index contributed by atoms with van der Waals surface area (Å²) in [7, 11) is 0. The molecular weight excluding hydrogens is 315 g/mol. The highest BCUT2D eigenvalue weighted by Crippen LogP contribution is 2.23. The van der Waals surface area contributed by atoms with Gasteiger partial charge in [-0.2, -0.15) is 5.10 Å². The highest BCUT2D eigenvalue weighted by Gasteiger charge is 2.07. The Bertz CT molecular complexity index is 619. The van der Waals surface area contributed by atoms with Gasteiger partial charge in [0.15, 0.2) is 5.11 Å². The zero-order chi connectivity index (χ0) is 14.7. The average Bonchev–Trinajstić information content (AvgIpc) is 2.69. The minimum atomic E-state index is 0.460. The first kappa shape index (κ1) is 15.1. The molecule has 0 aliphatic rings. The van der Waals surface area contributed by atoms with E-state index in [1.54, 1.807) is 24.4 Å². The van der Waals surface area contributed by atoms with Crippen molar-refractivity contribution < 1.29 is 0 Å². The van der Waals surface area contributed by atoms with Gasteiger partial charge in [-0.3, -0.25) is 4.68 Å². The minimum absolute atomic E-state index is 0.460. The van der Waals surface area contributed by atoms with Crippen molar-refractivity contribution in [3.8, 4) is 0 Å². The van der Waals surface area contributed by atoms with E-state index in [-0.39, 0.29) is 0 Å². The van der Waals surface area contributed by atoms with Crippen LogP contribution in [0.25, 0.3) is 0 Å². The minimum Gasteiger partial charge on any atom is -0.332 e. The van der Waals surface area contributed by atoms with Crippen molar-refractivity contribution in [1.82, 2.24) is 9.78 Å². The summed E-state index contributed by atoms with van der Waals surface area (Å²) >= 11 is 17.1. The van der Waals surface area contributed by atoms with Gasteiger partial charge in [-0.25, -0.2) is 0 Å². The molecule has 0 saturated heterocycles. The number of nitrogens with zero attached hydrogens (tertiary/aromatic N) is 2. The standard InChI is InChI=1S/C13H14Cl2N4S/c1-3-19-8(2)12(7-16-19)18-13(20)17-11-5-9(14)4-10(15)6-11/h4-7H,3H2,1-2H3,(H2,17,18,20). The molecule has 2 rings (SSSR count). The lowest BCUT2D eigenvalue weighted by Crippen LogP contribution is -2.19.